The molecule has 0 aliphatic rings. The molecule has 0 spiro atoms. The summed E-state index contributed by atoms with van der Waals surface area (Å²) in [7, 11) is 0. The van der Waals surface area contributed by atoms with Gasteiger partial charge in [0, 0.05) is 0 Å². The summed E-state index contributed by atoms with van der Waals surface area (Å²) in [5.41, 5.74) is 2.22. The fourth-order valence-electron chi connectivity index (χ4n) is 0.866. The first kappa shape index (κ1) is 12.4. The van der Waals surface area contributed by atoms with Crippen LogP contribution in [-0.4, -0.2) is 0 Å². The van der Waals surface area contributed by atoms with Crippen molar-refractivity contribution in [3.63, 3.8) is 0 Å². The number of rotatable bonds is 6. The van der Waals surface area contributed by atoms with Crippen LogP contribution < -0.4 is 0 Å². The van der Waals surface area contributed by atoms with Crippen LogP contribution in [0.4, 0.5) is 0 Å². The van der Waals surface area contributed by atoms with E-state index in [2.05, 4.69) is 38.8 Å². The molecule has 0 unspecified atom stereocenters. The van der Waals surface area contributed by atoms with Gasteiger partial charge in [0.1, 0.15) is 0 Å². The first-order valence-corrected chi connectivity index (χ1v) is 4.65. The van der Waals surface area contributed by atoms with E-state index in [-0.39, 0.29) is 0 Å². The van der Waals surface area contributed by atoms with Crippen molar-refractivity contribution in [1.29, 1.82) is 0 Å². The largest absolute Gasteiger partial charge is 0.0991 e. The van der Waals surface area contributed by atoms with E-state index in [1.807, 2.05) is 18.2 Å². The van der Waals surface area contributed by atoms with Gasteiger partial charge < -0.3 is 0 Å². The van der Waals surface area contributed by atoms with Gasteiger partial charge in [-0.2, -0.15) is 0 Å². The Morgan fingerprint density at radius 1 is 1.14 bits per heavy atom. The highest BCUT2D eigenvalue weighted by Crippen LogP contribution is 2.09. The molecule has 0 radical (unpaired) electrons. The Morgan fingerprint density at radius 3 is 2.36 bits per heavy atom. The molecule has 0 fully saturated rings. The predicted octanol–water partition coefficient (Wildman–Crippen LogP) is 4.36. The van der Waals surface area contributed by atoms with Crippen LogP contribution in [0.5, 0.6) is 0 Å². The summed E-state index contributed by atoms with van der Waals surface area (Å²) in [5, 5.41) is 0. The fourth-order valence-corrected chi connectivity index (χ4v) is 0.866. The third-order valence-electron chi connectivity index (χ3n) is 1.77. The van der Waals surface area contributed by atoms with Crippen molar-refractivity contribution in [2.45, 2.75) is 13.3 Å². The van der Waals surface area contributed by atoms with Crippen LogP contribution in [0.2, 0.25) is 0 Å². The topological polar surface area (TPSA) is 0 Å². The average Bonchev–Trinajstić information content (AvgIpc) is 2.20. The molecule has 0 bridgehead atoms. The van der Waals surface area contributed by atoms with E-state index in [0.717, 1.165) is 12.0 Å². The minimum Gasteiger partial charge on any atom is -0.0991 e. The van der Waals surface area contributed by atoms with Gasteiger partial charge in [0.2, 0.25) is 0 Å². The van der Waals surface area contributed by atoms with Crippen LogP contribution in [0, 0.1) is 0 Å². The van der Waals surface area contributed by atoms with E-state index in [1.165, 1.54) is 5.57 Å². The highest BCUT2D eigenvalue weighted by Gasteiger charge is 1.89. The second kappa shape index (κ2) is 8.06. The molecule has 0 aromatic rings. The summed E-state index contributed by atoms with van der Waals surface area (Å²) in [6.07, 6.45) is 14.4. The van der Waals surface area contributed by atoms with Crippen LogP contribution in [0.3, 0.4) is 0 Å². The number of allylic oxidation sites excluding steroid dienone is 9. The third-order valence-corrected chi connectivity index (χ3v) is 1.77. The standard InChI is InChI=1S/C14H18/c1-5-7-9-10-12-14(4)13(3)11-8-6-2/h5-9,11-12H,1-3,10H2,4H3/b9-7-,11-8-,14-12+. The summed E-state index contributed by atoms with van der Waals surface area (Å²) >= 11 is 0. The van der Waals surface area contributed by atoms with E-state index < -0.39 is 0 Å². The Balaban J connectivity index is 4.16. The Hall–Kier alpha value is -1.56. The normalized spacial score (nSPS) is 12.2. The maximum atomic E-state index is 3.94. The maximum Gasteiger partial charge on any atom is -0.0160 e. The zero-order chi connectivity index (χ0) is 10.8. The lowest BCUT2D eigenvalue weighted by Gasteiger charge is -1.98. The molecule has 0 amide bonds. The minimum absolute atomic E-state index is 0.915. The van der Waals surface area contributed by atoms with E-state index in [9.17, 15) is 0 Å². The number of hydrogen-bond acceptors (Lipinski definition) is 0. The Kier molecular flexibility index (Phi) is 7.16. The molecule has 0 heterocycles. The molecule has 0 nitrogen and oxygen atoms in total. The molecule has 0 aromatic heterocycles. The van der Waals surface area contributed by atoms with Crippen molar-refractivity contribution < 1.29 is 0 Å². The van der Waals surface area contributed by atoms with Crippen LogP contribution in [0.1, 0.15) is 13.3 Å². The lowest BCUT2D eigenvalue weighted by atomic mass is 10.1. The molecule has 74 valence electrons. The lowest BCUT2D eigenvalue weighted by Crippen LogP contribution is -1.77. The predicted molar refractivity (Wildman–Crippen MR) is 66.2 cm³/mol. The van der Waals surface area contributed by atoms with Crippen molar-refractivity contribution in [1.82, 2.24) is 0 Å². The van der Waals surface area contributed by atoms with Crippen molar-refractivity contribution in [2.75, 3.05) is 0 Å². The molecule has 0 aliphatic carbocycles. The first-order valence-electron chi connectivity index (χ1n) is 4.65. The molecule has 0 heteroatoms. The van der Waals surface area contributed by atoms with Crippen molar-refractivity contribution in [3.05, 3.63) is 73.4 Å². The van der Waals surface area contributed by atoms with Crippen molar-refractivity contribution in [2.24, 2.45) is 0 Å². The second-order valence-electron chi connectivity index (χ2n) is 2.91. The molecule has 14 heavy (non-hydrogen) atoms. The Morgan fingerprint density at radius 2 is 1.79 bits per heavy atom. The van der Waals surface area contributed by atoms with Gasteiger partial charge >= 0.3 is 0 Å². The molecule has 0 saturated heterocycles. The van der Waals surface area contributed by atoms with Crippen molar-refractivity contribution in [3.8, 4) is 0 Å². The Labute approximate surface area is 87.3 Å². The highest BCUT2D eigenvalue weighted by atomic mass is 13.9. The van der Waals surface area contributed by atoms with E-state index in [4.69, 9.17) is 0 Å². The van der Waals surface area contributed by atoms with Crippen LogP contribution in [0.15, 0.2) is 73.4 Å². The van der Waals surface area contributed by atoms with Gasteiger partial charge in [-0.3, -0.25) is 0 Å². The second-order valence-corrected chi connectivity index (χ2v) is 2.91. The summed E-state index contributed by atoms with van der Waals surface area (Å²) in [4.78, 5) is 0. The lowest BCUT2D eigenvalue weighted by molar-refractivity contribution is 1.31. The number of hydrogen-bond donors (Lipinski definition) is 0. The summed E-state index contributed by atoms with van der Waals surface area (Å²) in [5.74, 6) is 0. The van der Waals surface area contributed by atoms with E-state index in [0.29, 0.717) is 0 Å². The van der Waals surface area contributed by atoms with Gasteiger partial charge in [0.25, 0.3) is 0 Å². The van der Waals surface area contributed by atoms with Gasteiger partial charge in [-0.05, 0) is 24.5 Å². The van der Waals surface area contributed by atoms with Crippen molar-refractivity contribution >= 4 is 0 Å². The minimum atomic E-state index is 0.915. The molecule has 0 rings (SSSR count). The Bertz CT molecular complexity index is 285. The van der Waals surface area contributed by atoms with E-state index in [1.54, 1.807) is 12.2 Å². The summed E-state index contributed by atoms with van der Waals surface area (Å²) in [6, 6.07) is 0. The van der Waals surface area contributed by atoms with Gasteiger partial charge in [-0.1, -0.05) is 62.3 Å². The average molecular weight is 186 g/mol. The van der Waals surface area contributed by atoms with Crippen LogP contribution in [-0.2, 0) is 0 Å². The summed E-state index contributed by atoms with van der Waals surface area (Å²) in [6.45, 7) is 13.2. The van der Waals surface area contributed by atoms with Crippen LogP contribution in [0.25, 0.3) is 0 Å². The summed E-state index contributed by atoms with van der Waals surface area (Å²) < 4.78 is 0. The molecular formula is C14H18. The molecule has 0 aliphatic heterocycles. The molecule has 0 N–H and O–H groups in total. The zero-order valence-corrected chi connectivity index (χ0v) is 8.87. The molecule has 0 aromatic carbocycles. The van der Waals surface area contributed by atoms with Gasteiger partial charge in [0.15, 0.2) is 0 Å². The molecule has 0 saturated carbocycles. The zero-order valence-electron chi connectivity index (χ0n) is 8.87. The van der Waals surface area contributed by atoms with E-state index >= 15 is 0 Å². The SMILES string of the molecule is C=C/C=C\C/C=C(\C)C(=C)/C=C\C=C. The highest BCUT2D eigenvalue weighted by molar-refractivity contribution is 5.37. The van der Waals surface area contributed by atoms with Gasteiger partial charge in [-0.25, -0.2) is 0 Å². The molecular weight excluding hydrogens is 168 g/mol. The first-order chi connectivity index (χ1) is 6.72. The quantitative estimate of drug-likeness (QED) is 0.540. The monoisotopic (exact) mass is 186 g/mol. The third kappa shape index (κ3) is 6.01. The fraction of sp³-hybridized carbons (Fsp3) is 0.143. The van der Waals surface area contributed by atoms with Gasteiger partial charge in [-0.15, -0.1) is 0 Å². The molecule has 0 atom stereocenters. The van der Waals surface area contributed by atoms with Crippen LogP contribution >= 0.6 is 0 Å². The maximum absolute atomic E-state index is 3.94. The smallest absolute Gasteiger partial charge is 0.0160 e. The van der Waals surface area contributed by atoms with Gasteiger partial charge in [0.05, 0.1) is 0 Å².